The summed E-state index contributed by atoms with van der Waals surface area (Å²) >= 11 is 6.17. The molecule has 0 fully saturated rings. The Morgan fingerprint density at radius 3 is 1.98 bits per heavy atom. The fourth-order valence-electron chi connectivity index (χ4n) is 6.06. The fraction of sp³-hybridized carbons (Fsp3) is 0.317. The van der Waals surface area contributed by atoms with Gasteiger partial charge in [-0.15, -0.1) is 0 Å². The van der Waals surface area contributed by atoms with E-state index in [4.69, 9.17) is 26.1 Å². The molecule has 0 aliphatic heterocycles. The van der Waals surface area contributed by atoms with Gasteiger partial charge in [-0.1, -0.05) is 117 Å². The van der Waals surface area contributed by atoms with Crippen LogP contribution in [0.4, 0.5) is 0 Å². The number of hydrogen-bond donors (Lipinski definition) is 0. The van der Waals surface area contributed by atoms with Crippen molar-refractivity contribution >= 4 is 28.5 Å². The fourth-order valence-corrected chi connectivity index (χ4v) is 6.19. The number of hydrogen-bond acceptors (Lipinski definition) is 5. The van der Waals surface area contributed by atoms with Crippen molar-refractivity contribution in [1.29, 1.82) is 0 Å². The minimum atomic E-state index is -0.410. The molecular weight excluding hydrogens is 604 g/mol. The van der Waals surface area contributed by atoms with Crippen LogP contribution >= 0.6 is 11.6 Å². The molecule has 1 heterocycles. The molecule has 0 unspecified atom stereocenters. The van der Waals surface area contributed by atoms with Crippen molar-refractivity contribution in [2.75, 3.05) is 19.6 Å². The maximum Gasteiger partial charge on any atom is 0.343 e. The number of aryl methyl sites for hydroxylation is 2. The molecule has 1 aromatic heterocycles. The minimum absolute atomic E-state index is 0.180. The van der Waals surface area contributed by atoms with Crippen LogP contribution in [0.15, 0.2) is 97.1 Å². The van der Waals surface area contributed by atoms with Crippen LogP contribution in [0.5, 0.6) is 5.75 Å². The van der Waals surface area contributed by atoms with Crippen LogP contribution in [0.2, 0.25) is 5.02 Å². The highest BCUT2D eigenvalue weighted by Gasteiger charge is 2.26. The van der Waals surface area contributed by atoms with E-state index in [1.807, 2.05) is 91.0 Å². The van der Waals surface area contributed by atoms with Crippen LogP contribution < -0.4 is 4.74 Å². The van der Waals surface area contributed by atoms with E-state index in [2.05, 4.69) is 31.7 Å². The van der Waals surface area contributed by atoms with E-state index in [-0.39, 0.29) is 6.61 Å². The largest absolute Gasteiger partial charge is 0.486 e. The van der Waals surface area contributed by atoms with E-state index < -0.39 is 5.97 Å². The maximum absolute atomic E-state index is 13.9. The Labute approximate surface area is 284 Å². The lowest BCUT2D eigenvalue weighted by molar-refractivity contribution is 0.0469. The summed E-state index contributed by atoms with van der Waals surface area (Å²) in [6.45, 7) is 10.6. The molecule has 1 aliphatic carbocycles. The summed E-state index contributed by atoms with van der Waals surface area (Å²) in [5.41, 5.74) is 7.55. The van der Waals surface area contributed by atoms with Crippen molar-refractivity contribution in [3.8, 4) is 5.75 Å². The predicted molar refractivity (Wildman–Crippen MR) is 192 cm³/mol. The Morgan fingerprint density at radius 1 is 0.745 bits per heavy atom. The van der Waals surface area contributed by atoms with Crippen LogP contribution in [0, 0.1) is 0 Å². The number of rotatable bonds is 11. The van der Waals surface area contributed by atoms with E-state index >= 15 is 0 Å². The molecule has 5 nitrogen and oxygen atoms in total. The van der Waals surface area contributed by atoms with Crippen LogP contribution in [0.25, 0.3) is 10.9 Å². The first kappa shape index (κ1) is 34.2. The number of ether oxygens (including phenoxy) is 2. The molecule has 4 aromatic carbocycles. The number of halogens is 1. The van der Waals surface area contributed by atoms with Gasteiger partial charge in [-0.05, 0) is 85.3 Å². The Kier molecular flexibility index (Phi) is 12.4. The summed E-state index contributed by atoms with van der Waals surface area (Å²) in [5, 5.41) is 1.46. The Hall–Kier alpha value is -4.19. The van der Waals surface area contributed by atoms with Gasteiger partial charge in [0, 0.05) is 16.8 Å². The summed E-state index contributed by atoms with van der Waals surface area (Å²) in [6, 6.07) is 31.6. The third kappa shape index (κ3) is 9.00. The highest BCUT2D eigenvalue weighted by atomic mass is 35.5. The van der Waals surface area contributed by atoms with Crippen LogP contribution in [-0.2, 0) is 37.2 Å². The second kappa shape index (κ2) is 17.1. The molecule has 0 spiro atoms. The molecule has 0 radical (unpaired) electrons. The van der Waals surface area contributed by atoms with Crippen LogP contribution in [0.1, 0.15) is 77.5 Å². The van der Waals surface area contributed by atoms with Gasteiger partial charge in [0.15, 0.2) is 5.75 Å². The average molecular weight is 649 g/mol. The first-order chi connectivity index (χ1) is 23.0. The van der Waals surface area contributed by atoms with E-state index in [0.717, 1.165) is 52.5 Å². The lowest BCUT2D eigenvalue weighted by Crippen LogP contribution is -2.21. The summed E-state index contributed by atoms with van der Waals surface area (Å²) in [4.78, 5) is 21.5. The smallest absolute Gasteiger partial charge is 0.343 e. The van der Waals surface area contributed by atoms with Gasteiger partial charge < -0.3 is 14.4 Å². The molecule has 0 N–H and O–H groups in total. The highest BCUT2D eigenvalue weighted by molar-refractivity contribution is 6.30. The van der Waals surface area contributed by atoms with Gasteiger partial charge in [-0.25, -0.2) is 9.78 Å². The Bertz CT molecular complexity index is 1730. The molecule has 0 bridgehead atoms. The number of fused-ring (bicyclic) bond motifs is 3. The van der Waals surface area contributed by atoms with Gasteiger partial charge in [0.1, 0.15) is 18.8 Å². The molecule has 47 heavy (non-hydrogen) atoms. The molecular formula is C41H45ClN2O3. The molecule has 6 rings (SSSR count). The lowest BCUT2D eigenvalue weighted by atomic mass is 9.88. The first-order valence-electron chi connectivity index (χ1n) is 16.8. The highest BCUT2D eigenvalue weighted by Crippen LogP contribution is 2.37. The quantitative estimate of drug-likeness (QED) is 0.134. The van der Waals surface area contributed by atoms with Gasteiger partial charge >= 0.3 is 5.97 Å². The van der Waals surface area contributed by atoms with Crippen molar-refractivity contribution in [3.63, 3.8) is 0 Å². The van der Waals surface area contributed by atoms with Crippen molar-refractivity contribution in [3.05, 3.63) is 141 Å². The van der Waals surface area contributed by atoms with Gasteiger partial charge in [0.25, 0.3) is 0 Å². The molecule has 0 saturated carbocycles. The third-order valence-electron chi connectivity index (χ3n) is 8.78. The topological polar surface area (TPSA) is 51.7 Å². The van der Waals surface area contributed by atoms with E-state index in [1.165, 1.54) is 37.2 Å². The number of carbonyl (C=O) groups is 1. The monoisotopic (exact) mass is 648 g/mol. The van der Waals surface area contributed by atoms with Gasteiger partial charge in [-0.3, -0.25) is 0 Å². The van der Waals surface area contributed by atoms with Gasteiger partial charge in [0.2, 0.25) is 0 Å². The molecule has 1 aliphatic rings. The van der Waals surface area contributed by atoms with Crippen molar-refractivity contribution in [2.24, 2.45) is 0 Å². The van der Waals surface area contributed by atoms with Gasteiger partial charge in [0.05, 0.1) is 11.2 Å². The normalized spacial score (nSPS) is 12.3. The maximum atomic E-state index is 13.9. The molecule has 244 valence electrons. The minimum Gasteiger partial charge on any atom is -0.486 e. The molecule has 6 heteroatoms. The molecule has 0 amide bonds. The third-order valence-corrected chi connectivity index (χ3v) is 9.03. The van der Waals surface area contributed by atoms with E-state index in [9.17, 15) is 4.79 Å². The lowest BCUT2D eigenvalue weighted by Gasteiger charge is -2.22. The average Bonchev–Trinajstić information content (AvgIpc) is 3.12. The van der Waals surface area contributed by atoms with Crippen molar-refractivity contribution < 1.29 is 14.3 Å². The molecule has 5 aromatic rings. The second-order valence-corrected chi connectivity index (χ2v) is 12.3. The van der Waals surface area contributed by atoms with Crippen molar-refractivity contribution in [2.45, 2.75) is 66.1 Å². The predicted octanol–water partition coefficient (Wildman–Crippen LogP) is 9.64. The van der Waals surface area contributed by atoms with Gasteiger partial charge in [-0.2, -0.15) is 0 Å². The number of pyridine rings is 1. The van der Waals surface area contributed by atoms with E-state index in [0.29, 0.717) is 29.4 Å². The standard InChI is InChI=1S/C35H30ClNO3.C6H15N/c36-28-18-15-24(16-19-28)21-31-34(39-22-25-9-3-1-4-10-25)32(35(38)40-23-26-11-5-2-6-12-26)30-20-17-27-13-7-8-14-29(27)33(30)37-31;1-4-7(5-2)6-3/h1-6,9-12,15-20H,7-8,13-14,21-23H2;4-6H2,1-3H3. The summed E-state index contributed by atoms with van der Waals surface area (Å²) in [5.74, 6) is 0.0626. The summed E-state index contributed by atoms with van der Waals surface area (Å²) < 4.78 is 12.4. The van der Waals surface area contributed by atoms with E-state index in [1.54, 1.807) is 0 Å². The zero-order valence-corrected chi connectivity index (χ0v) is 28.6. The number of aromatic nitrogens is 1. The SMILES string of the molecule is CCN(CC)CC.O=C(OCc1ccccc1)c1c(OCc2ccccc2)c(Cc2ccc(Cl)cc2)nc2c3c(ccc12)CCCC3. The number of nitrogens with zero attached hydrogens (tertiary/aromatic N) is 2. The summed E-state index contributed by atoms with van der Waals surface area (Å²) in [6.07, 6.45) is 4.75. The number of esters is 1. The molecule has 0 atom stereocenters. The molecule has 0 saturated heterocycles. The first-order valence-corrected chi connectivity index (χ1v) is 17.2. The van der Waals surface area contributed by atoms with Crippen LogP contribution in [0.3, 0.4) is 0 Å². The zero-order valence-electron chi connectivity index (χ0n) is 27.8. The van der Waals surface area contributed by atoms with Crippen LogP contribution in [-0.4, -0.2) is 35.5 Å². The zero-order chi connectivity index (χ0) is 33.0. The number of carbonyl (C=O) groups excluding carboxylic acids is 1. The summed E-state index contributed by atoms with van der Waals surface area (Å²) in [7, 11) is 0. The Morgan fingerprint density at radius 2 is 1.36 bits per heavy atom. The Balaban J connectivity index is 0.000000559. The van der Waals surface area contributed by atoms with Crippen molar-refractivity contribution in [1.82, 2.24) is 9.88 Å². The second-order valence-electron chi connectivity index (χ2n) is 11.8. The number of benzene rings is 4.